The van der Waals surface area contributed by atoms with E-state index in [4.69, 9.17) is 16.3 Å². The lowest BCUT2D eigenvalue weighted by atomic mass is 10.1. The topological polar surface area (TPSA) is 21.3 Å². The maximum Gasteiger partial charge on any atom is 0.138 e. The van der Waals surface area contributed by atoms with Gasteiger partial charge in [-0.1, -0.05) is 61.8 Å². The summed E-state index contributed by atoms with van der Waals surface area (Å²) in [7, 11) is 0. The molecule has 0 heterocycles. The van der Waals surface area contributed by atoms with Crippen LogP contribution in [0.3, 0.4) is 0 Å². The van der Waals surface area contributed by atoms with Crippen LogP contribution in [0.5, 0.6) is 5.75 Å². The molecule has 0 radical (unpaired) electrons. The Balaban J connectivity index is 1.89. The Kier molecular flexibility index (Phi) is 5.45. The molecule has 0 aliphatic carbocycles. The van der Waals surface area contributed by atoms with Crippen molar-refractivity contribution in [3.05, 3.63) is 64.7 Å². The van der Waals surface area contributed by atoms with Crippen LogP contribution < -0.4 is 10.1 Å². The molecular formula is C17H20ClNO. The van der Waals surface area contributed by atoms with E-state index in [1.165, 1.54) is 5.56 Å². The van der Waals surface area contributed by atoms with Crippen molar-refractivity contribution in [2.45, 2.75) is 33.0 Å². The first kappa shape index (κ1) is 14.9. The van der Waals surface area contributed by atoms with Crippen LogP contribution in [0, 0.1) is 0 Å². The second-order valence-electron chi connectivity index (χ2n) is 5.07. The van der Waals surface area contributed by atoms with Gasteiger partial charge in [0.25, 0.3) is 0 Å². The van der Waals surface area contributed by atoms with Gasteiger partial charge in [-0.05, 0) is 23.3 Å². The van der Waals surface area contributed by atoms with Gasteiger partial charge in [0.15, 0.2) is 0 Å². The molecule has 0 fully saturated rings. The SMILES string of the molecule is CC(C)NCc1ccc(COc2ccccc2Cl)cc1. The first-order valence-electron chi connectivity index (χ1n) is 6.83. The van der Waals surface area contributed by atoms with Gasteiger partial charge in [-0.3, -0.25) is 0 Å². The minimum absolute atomic E-state index is 0.498. The van der Waals surface area contributed by atoms with Crippen LogP contribution in [0.25, 0.3) is 0 Å². The predicted octanol–water partition coefficient (Wildman–Crippen LogP) is 4.42. The number of hydrogen-bond acceptors (Lipinski definition) is 2. The molecule has 0 aliphatic rings. The molecule has 0 amide bonds. The van der Waals surface area contributed by atoms with Crippen molar-refractivity contribution in [1.29, 1.82) is 0 Å². The van der Waals surface area contributed by atoms with Crippen molar-refractivity contribution in [3.63, 3.8) is 0 Å². The number of halogens is 1. The Morgan fingerprint density at radius 2 is 1.65 bits per heavy atom. The standard InChI is InChI=1S/C17H20ClNO/c1-13(2)19-11-14-7-9-15(10-8-14)12-20-17-6-4-3-5-16(17)18/h3-10,13,19H,11-12H2,1-2H3. The summed E-state index contributed by atoms with van der Waals surface area (Å²) in [5.74, 6) is 0.722. The number of hydrogen-bond donors (Lipinski definition) is 1. The molecule has 20 heavy (non-hydrogen) atoms. The van der Waals surface area contributed by atoms with Gasteiger partial charge in [0.1, 0.15) is 12.4 Å². The summed E-state index contributed by atoms with van der Waals surface area (Å²) >= 11 is 6.05. The van der Waals surface area contributed by atoms with Gasteiger partial charge in [0.2, 0.25) is 0 Å². The molecule has 0 saturated heterocycles. The van der Waals surface area contributed by atoms with Gasteiger partial charge in [-0.25, -0.2) is 0 Å². The molecule has 2 aromatic rings. The highest BCUT2D eigenvalue weighted by Gasteiger charge is 2.01. The molecule has 0 aliphatic heterocycles. The lowest BCUT2D eigenvalue weighted by Gasteiger charge is -2.10. The Morgan fingerprint density at radius 3 is 2.30 bits per heavy atom. The molecular weight excluding hydrogens is 270 g/mol. The van der Waals surface area contributed by atoms with Gasteiger partial charge in [-0.2, -0.15) is 0 Å². The van der Waals surface area contributed by atoms with E-state index in [9.17, 15) is 0 Å². The quantitative estimate of drug-likeness (QED) is 0.850. The molecule has 0 saturated carbocycles. The van der Waals surface area contributed by atoms with E-state index < -0.39 is 0 Å². The highest BCUT2D eigenvalue weighted by atomic mass is 35.5. The van der Waals surface area contributed by atoms with Crippen LogP contribution >= 0.6 is 11.6 Å². The maximum atomic E-state index is 6.05. The van der Waals surface area contributed by atoms with Gasteiger partial charge in [0, 0.05) is 12.6 Å². The minimum Gasteiger partial charge on any atom is -0.487 e. The van der Waals surface area contributed by atoms with E-state index in [1.807, 2.05) is 24.3 Å². The Hall–Kier alpha value is -1.51. The van der Waals surface area contributed by atoms with Crippen molar-refractivity contribution in [2.24, 2.45) is 0 Å². The zero-order valence-corrected chi connectivity index (χ0v) is 12.7. The Labute approximate surface area is 125 Å². The van der Waals surface area contributed by atoms with E-state index in [1.54, 1.807) is 0 Å². The fourth-order valence-corrected chi connectivity index (χ4v) is 1.99. The number of para-hydroxylation sites is 1. The third kappa shape index (κ3) is 4.55. The Morgan fingerprint density at radius 1 is 1.00 bits per heavy atom. The Bertz CT molecular complexity index is 537. The molecule has 3 heteroatoms. The summed E-state index contributed by atoms with van der Waals surface area (Å²) in [5, 5.41) is 4.04. The summed E-state index contributed by atoms with van der Waals surface area (Å²) in [6.45, 7) is 5.71. The molecule has 2 rings (SSSR count). The summed E-state index contributed by atoms with van der Waals surface area (Å²) < 4.78 is 5.71. The smallest absolute Gasteiger partial charge is 0.138 e. The van der Waals surface area contributed by atoms with E-state index >= 15 is 0 Å². The molecule has 0 bridgehead atoms. The zero-order valence-electron chi connectivity index (χ0n) is 11.9. The molecule has 0 atom stereocenters. The summed E-state index contributed by atoms with van der Waals surface area (Å²) in [4.78, 5) is 0. The van der Waals surface area contributed by atoms with Crippen molar-refractivity contribution >= 4 is 11.6 Å². The van der Waals surface area contributed by atoms with Crippen molar-refractivity contribution < 1.29 is 4.74 Å². The second-order valence-corrected chi connectivity index (χ2v) is 5.48. The molecule has 1 N–H and O–H groups in total. The first-order chi connectivity index (χ1) is 9.65. The van der Waals surface area contributed by atoms with E-state index in [0.717, 1.165) is 17.9 Å². The summed E-state index contributed by atoms with van der Waals surface area (Å²) in [6.07, 6.45) is 0. The summed E-state index contributed by atoms with van der Waals surface area (Å²) in [6, 6.07) is 16.5. The van der Waals surface area contributed by atoms with Gasteiger partial charge in [-0.15, -0.1) is 0 Å². The normalized spacial score (nSPS) is 10.8. The number of benzene rings is 2. The molecule has 106 valence electrons. The van der Waals surface area contributed by atoms with Crippen molar-refractivity contribution in [1.82, 2.24) is 5.32 Å². The third-order valence-electron chi connectivity index (χ3n) is 2.97. The van der Waals surface area contributed by atoms with Crippen LogP contribution in [0.15, 0.2) is 48.5 Å². The fourth-order valence-electron chi connectivity index (χ4n) is 1.80. The number of ether oxygens (including phenoxy) is 1. The molecule has 0 spiro atoms. The number of rotatable bonds is 6. The lowest BCUT2D eigenvalue weighted by Crippen LogP contribution is -2.21. The largest absolute Gasteiger partial charge is 0.487 e. The van der Waals surface area contributed by atoms with E-state index in [2.05, 4.69) is 43.4 Å². The average Bonchev–Trinajstić information content (AvgIpc) is 2.45. The van der Waals surface area contributed by atoms with Crippen LogP contribution in [0.2, 0.25) is 5.02 Å². The first-order valence-corrected chi connectivity index (χ1v) is 7.21. The van der Waals surface area contributed by atoms with Gasteiger partial charge < -0.3 is 10.1 Å². The monoisotopic (exact) mass is 289 g/mol. The van der Waals surface area contributed by atoms with Crippen molar-refractivity contribution in [2.75, 3.05) is 0 Å². The second kappa shape index (κ2) is 7.32. The highest BCUT2D eigenvalue weighted by Crippen LogP contribution is 2.24. The van der Waals surface area contributed by atoms with Crippen molar-refractivity contribution in [3.8, 4) is 5.75 Å². The molecule has 0 aromatic heterocycles. The fraction of sp³-hybridized carbons (Fsp3) is 0.294. The maximum absolute atomic E-state index is 6.05. The molecule has 2 nitrogen and oxygen atoms in total. The minimum atomic E-state index is 0.498. The van der Waals surface area contributed by atoms with E-state index in [-0.39, 0.29) is 0 Å². The zero-order chi connectivity index (χ0) is 14.4. The predicted molar refractivity (Wildman–Crippen MR) is 84.2 cm³/mol. The lowest BCUT2D eigenvalue weighted by molar-refractivity contribution is 0.306. The van der Waals surface area contributed by atoms with Crippen LogP contribution in [0.4, 0.5) is 0 Å². The third-order valence-corrected chi connectivity index (χ3v) is 3.28. The van der Waals surface area contributed by atoms with Gasteiger partial charge >= 0.3 is 0 Å². The highest BCUT2D eigenvalue weighted by molar-refractivity contribution is 6.32. The van der Waals surface area contributed by atoms with E-state index in [0.29, 0.717) is 17.7 Å². The average molecular weight is 290 g/mol. The van der Waals surface area contributed by atoms with Crippen LogP contribution in [-0.2, 0) is 13.2 Å². The number of nitrogens with one attached hydrogen (secondary N) is 1. The van der Waals surface area contributed by atoms with Gasteiger partial charge in [0.05, 0.1) is 5.02 Å². The molecule has 0 unspecified atom stereocenters. The van der Waals surface area contributed by atoms with Crippen LogP contribution in [0.1, 0.15) is 25.0 Å². The summed E-state index contributed by atoms with van der Waals surface area (Å²) in [5.41, 5.74) is 2.42. The van der Waals surface area contributed by atoms with Crippen LogP contribution in [-0.4, -0.2) is 6.04 Å². The molecule has 2 aromatic carbocycles.